The molecule has 0 radical (unpaired) electrons. The van der Waals surface area contributed by atoms with Gasteiger partial charge in [-0.05, 0) is 32.8 Å². The molecule has 0 heterocycles. The number of thioether (sulfide) groups is 1. The average Bonchev–Trinajstić information content (AvgIpc) is 2.25. The predicted octanol–water partition coefficient (Wildman–Crippen LogP) is 1.57. The first kappa shape index (κ1) is 16.6. The molecule has 0 aliphatic carbocycles. The van der Waals surface area contributed by atoms with Crippen molar-refractivity contribution in [1.82, 2.24) is 5.32 Å². The van der Waals surface area contributed by atoms with Crippen molar-refractivity contribution in [2.75, 3.05) is 11.5 Å². The Hall–Kier alpha value is -1.49. The summed E-state index contributed by atoms with van der Waals surface area (Å²) in [5, 5.41) is 2.93. The van der Waals surface area contributed by atoms with Crippen LogP contribution in [0.5, 0.6) is 0 Å². The summed E-state index contributed by atoms with van der Waals surface area (Å²) in [5.74, 6) is -0.0156. The monoisotopic (exact) mass is 294 g/mol. The smallest absolute Gasteiger partial charge is 0.230 e. The first-order valence-corrected chi connectivity index (χ1v) is 7.75. The number of rotatable bonds is 7. The van der Waals surface area contributed by atoms with E-state index in [4.69, 9.17) is 5.73 Å². The molecule has 110 valence electrons. The Morgan fingerprint density at radius 3 is 2.35 bits per heavy atom. The van der Waals surface area contributed by atoms with E-state index in [1.807, 2.05) is 6.92 Å². The molecule has 5 heteroatoms. The molecule has 2 amide bonds. The maximum Gasteiger partial charge on any atom is 0.230 e. The van der Waals surface area contributed by atoms with Crippen LogP contribution in [0.2, 0.25) is 0 Å². The van der Waals surface area contributed by atoms with Crippen LogP contribution in [0.25, 0.3) is 0 Å². The van der Waals surface area contributed by atoms with Crippen molar-refractivity contribution >= 4 is 23.6 Å². The number of hydrogen-bond acceptors (Lipinski definition) is 3. The standard InChI is InChI=1S/C15H22N2O2S/c1-10-4-11(2)6-13(5-10)7-12(3)17-15(19)9-20-8-14(16)18/h4-6,12H,7-9H2,1-3H3,(H2,16,18)(H,17,19). The lowest BCUT2D eigenvalue weighted by molar-refractivity contribution is -0.119. The van der Waals surface area contributed by atoms with Crippen molar-refractivity contribution in [3.8, 4) is 0 Å². The maximum atomic E-state index is 11.7. The molecule has 3 N–H and O–H groups in total. The third kappa shape index (κ3) is 6.61. The lowest BCUT2D eigenvalue weighted by Crippen LogP contribution is -2.35. The molecule has 0 spiro atoms. The van der Waals surface area contributed by atoms with E-state index >= 15 is 0 Å². The first-order valence-electron chi connectivity index (χ1n) is 6.59. The SMILES string of the molecule is Cc1cc(C)cc(CC(C)NC(=O)CSCC(N)=O)c1. The van der Waals surface area contributed by atoms with Gasteiger partial charge in [0.25, 0.3) is 0 Å². The molecule has 0 bridgehead atoms. The maximum absolute atomic E-state index is 11.7. The zero-order valence-corrected chi connectivity index (χ0v) is 13.0. The average molecular weight is 294 g/mol. The van der Waals surface area contributed by atoms with Crippen molar-refractivity contribution in [3.05, 3.63) is 34.9 Å². The summed E-state index contributed by atoms with van der Waals surface area (Å²) in [6, 6.07) is 6.47. The minimum atomic E-state index is -0.397. The number of nitrogens with two attached hydrogens (primary N) is 1. The Balaban J connectivity index is 2.40. The molecule has 0 aliphatic heterocycles. The van der Waals surface area contributed by atoms with Crippen LogP contribution in [-0.2, 0) is 16.0 Å². The van der Waals surface area contributed by atoms with Crippen molar-refractivity contribution in [1.29, 1.82) is 0 Å². The minimum Gasteiger partial charge on any atom is -0.369 e. The molecule has 1 atom stereocenters. The largest absolute Gasteiger partial charge is 0.369 e. The molecule has 1 aromatic rings. The molecule has 1 aromatic carbocycles. The zero-order valence-electron chi connectivity index (χ0n) is 12.2. The van der Waals surface area contributed by atoms with Crippen molar-refractivity contribution in [2.45, 2.75) is 33.2 Å². The third-order valence-electron chi connectivity index (χ3n) is 2.71. The molecule has 1 unspecified atom stereocenters. The van der Waals surface area contributed by atoms with E-state index in [1.165, 1.54) is 28.5 Å². The summed E-state index contributed by atoms with van der Waals surface area (Å²) >= 11 is 1.24. The summed E-state index contributed by atoms with van der Waals surface area (Å²) in [7, 11) is 0. The van der Waals surface area contributed by atoms with Gasteiger partial charge in [-0.2, -0.15) is 0 Å². The van der Waals surface area contributed by atoms with Crippen LogP contribution in [0, 0.1) is 13.8 Å². The fraction of sp³-hybridized carbons (Fsp3) is 0.467. The van der Waals surface area contributed by atoms with Gasteiger partial charge in [0.05, 0.1) is 11.5 Å². The Labute approximate surface area is 124 Å². The molecule has 0 fully saturated rings. The molecule has 0 aromatic heterocycles. The van der Waals surface area contributed by atoms with E-state index in [9.17, 15) is 9.59 Å². The molecule has 4 nitrogen and oxygen atoms in total. The highest BCUT2D eigenvalue weighted by molar-refractivity contribution is 8.00. The van der Waals surface area contributed by atoms with Gasteiger partial charge in [-0.15, -0.1) is 11.8 Å². The molecular formula is C15H22N2O2S. The topological polar surface area (TPSA) is 72.2 Å². The van der Waals surface area contributed by atoms with Gasteiger partial charge < -0.3 is 11.1 Å². The van der Waals surface area contributed by atoms with Gasteiger partial charge in [0, 0.05) is 6.04 Å². The Morgan fingerprint density at radius 2 is 1.80 bits per heavy atom. The number of hydrogen-bond donors (Lipinski definition) is 2. The van der Waals surface area contributed by atoms with Crippen LogP contribution in [0.4, 0.5) is 0 Å². The summed E-state index contributed by atoms with van der Waals surface area (Å²) < 4.78 is 0. The Bertz CT molecular complexity index is 469. The van der Waals surface area contributed by atoms with Gasteiger partial charge in [0.15, 0.2) is 0 Å². The molecule has 0 saturated heterocycles. The van der Waals surface area contributed by atoms with E-state index in [0.717, 1.165) is 6.42 Å². The van der Waals surface area contributed by atoms with E-state index in [-0.39, 0.29) is 23.5 Å². The quantitative estimate of drug-likeness (QED) is 0.802. The lowest BCUT2D eigenvalue weighted by Gasteiger charge is -2.14. The van der Waals surface area contributed by atoms with Gasteiger partial charge in [-0.1, -0.05) is 29.3 Å². The fourth-order valence-corrected chi connectivity index (χ4v) is 2.72. The van der Waals surface area contributed by atoms with Crippen LogP contribution < -0.4 is 11.1 Å². The van der Waals surface area contributed by atoms with E-state index in [1.54, 1.807) is 0 Å². The van der Waals surface area contributed by atoms with Gasteiger partial charge in [0.2, 0.25) is 11.8 Å². The normalized spacial score (nSPS) is 11.9. The molecule has 0 saturated carbocycles. The Kier molecular flexibility index (Phi) is 6.58. The first-order chi connectivity index (χ1) is 9.36. The minimum absolute atomic E-state index is 0.0619. The van der Waals surface area contributed by atoms with E-state index in [2.05, 4.69) is 37.4 Å². The van der Waals surface area contributed by atoms with Gasteiger partial charge >= 0.3 is 0 Å². The number of aryl methyl sites for hydroxylation is 2. The van der Waals surface area contributed by atoms with E-state index in [0.29, 0.717) is 0 Å². The van der Waals surface area contributed by atoms with E-state index < -0.39 is 5.91 Å². The molecule has 0 aliphatic rings. The van der Waals surface area contributed by atoms with Crippen LogP contribution in [-0.4, -0.2) is 29.4 Å². The van der Waals surface area contributed by atoms with Crippen molar-refractivity contribution in [2.24, 2.45) is 5.73 Å². The number of nitrogens with one attached hydrogen (secondary N) is 1. The number of primary amides is 1. The number of carbonyl (C=O) groups is 2. The highest BCUT2D eigenvalue weighted by Gasteiger charge is 2.09. The highest BCUT2D eigenvalue weighted by Crippen LogP contribution is 2.11. The number of benzene rings is 1. The predicted molar refractivity (Wildman–Crippen MR) is 83.7 cm³/mol. The summed E-state index contributed by atoms with van der Waals surface area (Å²) in [4.78, 5) is 22.3. The number of amides is 2. The fourth-order valence-electron chi connectivity index (χ4n) is 2.15. The second kappa shape index (κ2) is 7.94. The lowest BCUT2D eigenvalue weighted by atomic mass is 10.0. The molecular weight excluding hydrogens is 272 g/mol. The van der Waals surface area contributed by atoms with Crippen LogP contribution in [0.1, 0.15) is 23.6 Å². The molecule has 1 rings (SSSR count). The van der Waals surface area contributed by atoms with Crippen LogP contribution >= 0.6 is 11.8 Å². The van der Waals surface area contributed by atoms with Gasteiger partial charge in [0.1, 0.15) is 0 Å². The van der Waals surface area contributed by atoms with Gasteiger partial charge in [-0.25, -0.2) is 0 Å². The zero-order chi connectivity index (χ0) is 15.1. The van der Waals surface area contributed by atoms with Crippen LogP contribution in [0.15, 0.2) is 18.2 Å². The van der Waals surface area contributed by atoms with Crippen molar-refractivity contribution < 1.29 is 9.59 Å². The third-order valence-corrected chi connectivity index (χ3v) is 3.66. The second-order valence-corrected chi connectivity index (χ2v) is 6.11. The van der Waals surface area contributed by atoms with Crippen molar-refractivity contribution in [3.63, 3.8) is 0 Å². The number of carbonyl (C=O) groups excluding carboxylic acids is 2. The molecule has 20 heavy (non-hydrogen) atoms. The van der Waals surface area contributed by atoms with Gasteiger partial charge in [-0.3, -0.25) is 9.59 Å². The summed E-state index contributed by atoms with van der Waals surface area (Å²) in [6.45, 7) is 6.12. The second-order valence-electron chi connectivity index (χ2n) is 5.13. The highest BCUT2D eigenvalue weighted by atomic mass is 32.2. The summed E-state index contributed by atoms with van der Waals surface area (Å²) in [6.07, 6.45) is 0.800. The summed E-state index contributed by atoms with van der Waals surface area (Å²) in [5.41, 5.74) is 8.71. The van der Waals surface area contributed by atoms with Crippen LogP contribution in [0.3, 0.4) is 0 Å². The Morgan fingerprint density at radius 1 is 1.20 bits per heavy atom.